The molecule has 3 rings (SSSR count). The molecule has 0 aliphatic carbocycles. The van der Waals surface area contributed by atoms with E-state index in [4.69, 9.17) is 8.83 Å². The Hall–Kier alpha value is -2.36. The van der Waals surface area contributed by atoms with Crippen molar-refractivity contribution in [2.75, 3.05) is 0 Å². The van der Waals surface area contributed by atoms with Crippen molar-refractivity contribution in [1.82, 2.24) is 0 Å². The number of carbonyl (C=O) groups excluding carboxylic acids is 1. The Morgan fingerprint density at radius 1 is 1.16 bits per heavy atom. The molecule has 0 atom stereocenters. The van der Waals surface area contributed by atoms with E-state index in [2.05, 4.69) is 0 Å². The van der Waals surface area contributed by atoms with Crippen LogP contribution >= 0.6 is 0 Å². The molecule has 0 fully saturated rings. The summed E-state index contributed by atoms with van der Waals surface area (Å²) in [5.74, 6) is -0.176. The van der Waals surface area contributed by atoms with Gasteiger partial charge in [-0.25, -0.2) is 4.79 Å². The molecule has 0 N–H and O–H groups in total. The van der Waals surface area contributed by atoms with Gasteiger partial charge in [0.2, 0.25) is 0 Å². The lowest BCUT2D eigenvalue weighted by Crippen LogP contribution is -2.13. The predicted molar refractivity (Wildman–Crippen MR) is 71.5 cm³/mol. The van der Waals surface area contributed by atoms with E-state index < -0.39 is 5.63 Å². The van der Waals surface area contributed by atoms with Crippen molar-refractivity contribution < 1.29 is 13.6 Å². The highest BCUT2D eigenvalue weighted by atomic mass is 16.4. The van der Waals surface area contributed by atoms with E-state index in [1.807, 2.05) is 19.1 Å². The molecule has 0 amide bonds. The molecule has 0 spiro atoms. The van der Waals surface area contributed by atoms with Crippen molar-refractivity contribution >= 4 is 27.7 Å². The summed E-state index contributed by atoms with van der Waals surface area (Å²) < 4.78 is 10.5. The Bertz CT molecular complexity index is 823. The molecule has 4 heteroatoms. The van der Waals surface area contributed by atoms with Crippen LogP contribution in [0.2, 0.25) is 0 Å². The van der Waals surface area contributed by atoms with Gasteiger partial charge in [-0.05, 0) is 24.6 Å². The largest absolute Gasteiger partial charge is 0.464 e. The molecule has 0 saturated carbocycles. The lowest BCUT2D eigenvalue weighted by atomic mass is 10.1. The molecule has 4 nitrogen and oxygen atoms in total. The Labute approximate surface area is 108 Å². The molecular weight excluding hydrogens is 244 g/mol. The smallest absolute Gasteiger partial charge is 0.347 e. The van der Waals surface area contributed by atoms with Crippen molar-refractivity contribution in [2.45, 2.75) is 19.8 Å². The number of Topliss-reactive ketones (excluding diaryl/α,β-unsaturated/α-hetero) is 1. The first-order valence-corrected chi connectivity index (χ1v) is 6.17. The zero-order valence-corrected chi connectivity index (χ0v) is 10.4. The lowest BCUT2D eigenvalue weighted by molar-refractivity contribution is 0.0978. The fraction of sp³-hybridized carbons (Fsp3) is 0.200. The molecule has 0 saturated heterocycles. The molecular formula is C15H12O4. The standard InChI is InChI=1S/C15H12O4/c1-2-3-12(16)11-7-10-6-9-4-5-18-13(9)8-14(10)19-15(11)17/h4-8H,2-3H2,1H3. The number of hydrogen-bond donors (Lipinski definition) is 0. The highest BCUT2D eigenvalue weighted by Gasteiger charge is 2.13. The maximum Gasteiger partial charge on any atom is 0.347 e. The SMILES string of the molecule is CCCC(=O)c1cc2cc3ccoc3cc2oc1=O. The van der Waals surface area contributed by atoms with E-state index in [0.29, 0.717) is 24.0 Å². The van der Waals surface area contributed by atoms with Crippen LogP contribution in [-0.4, -0.2) is 5.78 Å². The van der Waals surface area contributed by atoms with Crippen LogP contribution in [0.4, 0.5) is 0 Å². The van der Waals surface area contributed by atoms with E-state index >= 15 is 0 Å². The summed E-state index contributed by atoms with van der Waals surface area (Å²) in [7, 11) is 0. The van der Waals surface area contributed by atoms with Gasteiger partial charge < -0.3 is 8.83 Å². The highest BCUT2D eigenvalue weighted by molar-refractivity contribution is 6.00. The van der Waals surface area contributed by atoms with Crippen LogP contribution < -0.4 is 5.63 Å². The van der Waals surface area contributed by atoms with Crippen LogP contribution in [0.15, 0.2) is 44.2 Å². The molecule has 2 heterocycles. The summed E-state index contributed by atoms with van der Waals surface area (Å²) in [5, 5.41) is 1.64. The van der Waals surface area contributed by atoms with Crippen molar-refractivity contribution in [1.29, 1.82) is 0 Å². The third kappa shape index (κ3) is 1.95. The summed E-state index contributed by atoms with van der Waals surface area (Å²) >= 11 is 0. The first kappa shape index (κ1) is 11.7. The van der Waals surface area contributed by atoms with E-state index in [1.54, 1.807) is 18.4 Å². The number of fused-ring (bicyclic) bond motifs is 2. The van der Waals surface area contributed by atoms with Gasteiger partial charge in [-0.15, -0.1) is 0 Å². The normalized spacial score (nSPS) is 11.2. The molecule has 0 radical (unpaired) electrons. The summed E-state index contributed by atoms with van der Waals surface area (Å²) in [4.78, 5) is 23.6. The van der Waals surface area contributed by atoms with Gasteiger partial charge in [0.25, 0.3) is 0 Å². The van der Waals surface area contributed by atoms with Crippen LogP contribution in [-0.2, 0) is 0 Å². The van der Waals surface area contributed by atoms with E-state index in [-0.39, 0.29) is 11.3 Å². The predicted octanol–water partition coefficient (Wildman–Crippen LogP) is 3.52. The van der Waals surface area contributed by atoms with Crippen LogP contribution in [0, 0.1) is 0 Å². The van der Waals surface area contributed by atoms with Gasteiger partial charge in [0.05, 0.1) is 6.26 Å². The number of furan rings is 1. The molecule has 19 heavy (non-hydrogen) atoms. The Kier molecular flexibility index (Phi) is 2.71. The average molecular weight is 256 g/mol. The van der Waals surface area contributed by atoms with Crippen molar-refractivity contribution in [2.24, 2.45) is 0 Å². The number of rotatable bonds is 3. The monoisotopic (exact) mass is 256 g/mol. The van der Waals surface area contributed by atoms with Crippen LogP contribution in [0.3, 0.4) is 0 Å². The lowest BCUT2D eigenvalue weighted by Gasteiger charge is -2.01. The second-order valence-electron chi connectivity index (χ2n) is 4.47. The number of benzene rings is 1. The Morgan fingerprint density at radius 2 is 2.00 bits per heavy atom. The highest BCUT2D eigenvalue weighted by Crippen LogP contribution is 2.23. The molecule has 3 aromatic rings. The Morgan fingerprint density at radius 3 is 2.79 bits per heavy atom. The van der Waals surface area contributed by atoms with E-state index in [1.165, 1.54) is 0 Å². The minimum absolute atomic E-state index is 0.122. The van der Waals surface area contributed by atoms with Gasteiger partial charge >= 0.3 is 5.63 Å². The van der Waals surface area contributed by atoms with Crippen LogP contribution in [0.1, 0.15) is 30.1 Å². The quantitative estimate of drug-likeness (QED) is 0.531. The fourth-order valence-corrected chi connectivity index (χ4v) is 2.13. The van der Waals surface area contributed by atoms with Gasteiger partial charge in [-0.1, -0.05) is 6.92 Å². The van der Waals surface area contributed by atoms with Crippen molar-refractivity contribution in [3.63, 3.8) is 0 Å². The van der Waals surface area contributed by atoms with Gasteiger partial charge in [0.15, 0.2) is 5.78 Å². The van der Waals surface area contributed by atoms with Crippen LogP contribution in [0.5, 0.6) is 0 Å². The second kappa shape index (κ2) is 4.39. The van der Waals surface area contributed by atoms with E-state index in [0.717, 1.165) is 10.8 Å². The van der Waals surface area contributed by atoms with Crippen LogP contribution in [0.25, 0.3) is 21.9 Å². The minimum atomic E-state index is -0.586. The van der Waals surface area contributed by atoms with Gasteiger partial charge in [-0.3, -0.25) is 4.79 Å². The molecule has 96 valence electrons. The third-order valence-electron chi connectivity index (χ3n) is 3.08. The van der Waals surface area contributed by atoms with Crippen molar-refractivity contribution in [3.05, 3.63) is 46.5 Å². The first-order chi connectivity index (χ1) is 9.19. The summed E-state index contributed by atoms with van der Waals surface area (Å²) in [5.41, 5.74) is 0.623. The number of carbonyl (C=O) groups is 1. The fourth-order valence-electron chi connectivity index (χ4n) is 2.13. The van der Waals surface area contributed by atoms with Gasteiger partial charge in [-0.2, -0.15) is 0 Å². The number of hydrogen-bond acceptors (Lipinski definition) is 4. The average Bonchev–Trinajstić information content (AvgIpc) is 2.82. The Balaban J connectivity index is 2.25. The zero-order chi connectivity index (χ0) is 13.4. The first-order valence-electron chi connectivity index (χ1n) is 6.17. The topological polar surface area (TPSA) is 60.4 Å². The summed E-state index contributed by atoms with van der Waals surface area (Å²) in [6.07, 6.45) is 2.63. The third-order valence-corrected chi connectivity index (χ3v) is 3.08. The van der Waals surface area contributed by atoms with Gasteiger partial charge in [0, 0.05) is 23.3 Å². The summed E-state index contributed by atoms with van der Waals surface area (Å²) in [6, 6.07) is 6.94. The molecule has 0 unspecified atom stereocenters. The minimum Gasteiger partial charge on any atom is -0.464 e. The number of ketones is 1. The molecule has 0 aliphatic heterocycles. The maximum absolute atomic E-state index is 11.8. The second-order valence-corrected chi connectivity index (χ2v) is 4.47. The van der Waals surface area contributed by atoms with Crippen molar-refractivity contribution in [3.8, 4) is 0 Å². The molecule has 0 aliphatic rings. The molecule has 1 aromatic carbocycles. The molecule has 0 bridgehead atoms. The molecule has 2 aromatic heterocycles. The summed E-state index contributed by atoms with van der Waals surface area (Å²) in [6.45, 7) is 1.90. The van der Waals surface area contributed by atoms with E-state index in [9.17, 15) is 9.59 Å². The zero-order valence-electron chi connectivity index (χ0n) is 10.4. The maximum atomic E-state index is 11.8. The van der Waals surface area contributed by atoms with Gasteiger partial charge in [0.1, 0.15) is 16.7 Å².